The summed E-state index contributed by atoms with van der Waals surface area (Å²) in [5, 5.41) is 9.41. The first-order valence-electron chi connectivity index (χ1n) is 7.77. The van der Waals surface area contributed by atoms with E-state index in [1.807, 2.05) is 0 Å². The maximum Gasteiger partial charge on any atom is 0.339 e. The lowest BCUT2D eigenvalue weighted by atomic mass is 10.0. The number of carboxylic acids is 1. The molecule has 6 nitrogen and oxygen atoms in total. The first-order chi connectivity index (χ1) is 12.6. The first kappa shape index (κ1) is 20.5. The molecule has 0 aromatic heterocycles. The average Bonchev–Trinajstić information content (AvgIpc) is 2.59. The summed E-state index contributed by atoms with van der Waals surface area (Å²) in [6.07, 6.45) is 0.445. The predicted molar refractivity (Wildman–Crippen MR) is 99.5 cm³/mol. The van der Waals surface area contributed by atoms with Crippen LogP contribution in [0.15, 0.2) is 41.3 Å². The van der Waals surface area contributed by atoms with Gasteiger partial charge in [-0.05, 0) is 48.4 Å². The number of esters is 1. The second-order valence-corrected chi connectivity index (χ2v) is 8.04. The molecule has 2 aromatic carbocycles. The standard InChI is InChI=1S/C19H15ClO6S/c1-3-15-10-14(11-17(19(22)23)18(15)26-12(2)21)5-4-13-6-8-16(9-7-13)27(20,24)25/h6-11H,3H2,1-2H3,(H,22,23). The van der Waals surface area contributed by atoms with Crippen molar-refractivity contribution in [3.63, 3.8) is 0 Å². The Kier molecular flexibility index (Phi) is 6.26. The summed E-state index contributed by atoms with van der Waals surface area (Å²) in [6, 6.07) is 8.62. The van der Waals surface area contributed by atoms with Crippen LogP contribution in [-0.2, 0) is 20.3 Å². The number of carboxylic acid groups (broad SMARTS) is 1. The summed E-state index contributed by atoms with van der Waals surface area (Å²) in [4.78, 5) is 22.7. The molecule has 0 fully saturated rings. The number of ether oxygens (including phenoxy) is 1. The average molecular weight is 407 g/mol. The van der Waals surface area contributed by atoms with Crippen LogP contribution in [0.1, 0.15) is 40.9 Å². The van der Waals surface area contributed by atoms with Crippen LogP contribution in [0, 0.1) is 11.8 Å². The van der Waals surface area contributed by atoms with Gasteiger partial charge in [-0.15, -0.1) is 0 Å². The van der Waals surface area contributed by atoms with Crippen LogP contribution in [0.4, 0.5) is 0 Å². The summed E-state index contributed by atoms with van der Waals surface area (Å²) in [5.41, 5.74) is 1.34. The van der Waals surface area contributed by atoms with E-state index in [-0.39, 0.29) is 16.2 Å². The molecule has 0 atom stereocenters. The Morgan fingerprint density at radius 1 is 1.11 bits per heavy atom. The van der Waals surface area contributed by atoms with Gasteiger partial charge >= 0.3 is 11.9 Å². The number of hydrogen-bond acceptors (Lipinski definition) is 5. The van der Waals surface area contributed by atoms with Crippen molar-refractivity contribution in [3.05, 3.63) is 58.7 Å². The normalized spacial score (nSPS) is 10.6. The third-order valence-corrected chi connectivity index (χ3v) is 4.88. The molecule has 0 radical (unpaired) electrons. The highest BCUT2D eigenvalue weighted by molar-refractivity contribution is 8.13. The van der Waals surface area contributed by atoms with E-state index in [1.54, 1.807) is 13.0 Å². The lowest BCUT2D eigenvalue weighted by Gasteiger charge is -2.11. The first-order valence-corrected chi connectivity index (χ1v) is 10.1. The van der Waals surface area contributed by atoms with E-state index >= 15 is 0 Å². The fourth-order valence-corrected chi connectivity index (χ4v) is 3.06. The molecule has 0 saturated carbocycles. The molecule has 0 amide bonds. The summed E-state index contributed by atoms with van der Waals surface area (Å²) in [6.45, 7) is 3.00. The van der Waals surface area contributed by atoms with Crippen molar-refractivity contribution in [1.29, 1.82) is 0 Å². The van der Waals surface area contributed by atoms with Gasteiger partial charge in [0.05, 0.1) is 4.90 Å². The zero-order valence-corrected chi connectivity index (χ0v) is 16.0. The maximum atomic E-state index is 11.5. The van der Waals surface area contributed by atoms with Gasteiger partial charge in [0, 0.05) is 28.7 Å². The summed E-state index contributed by atoms with van der Waals surface area (Å²) >= 11 is 0. The fourth-order valence-electron chi connectivity index (χ4n) is 2.29. The number of halogens is 1. The molecule has 0 aliphatic carbocycles. The van der Waals surface area contributed by atoms with Crippen LogP contribution < -0.4 is 4.74 Å². The van der Waals surface area contributed by atoms with Crippen LogP contribution >= 0.6 is 10.7 Å². The van der Waals surface area contributed by atoms with E-state index in [2.05, 4.69) is 11.8 Å². The predicted octanol–water partition coefficient (Wildman–Crippen LogP) is 3.20. The number of aromatic carboxylic acids is 1. The minimum absolute atomic E-state index is 0.0136. The Bertz CT molecular complexity index is 1060. The zero-order valence-electron chi connectivity index (χ0n) is 14.4. The van der Waals surface area contributed by atoms with Crippen molar-refractivity contribution < 1.29 is 27.9 Å². The van der Waals surface area contributed by atoms with Gasteiger partial charge < -0.3 is 9.84 Å². The molecule has 0 unspecified atom stereocenters. The number of carbonyl (C=O) groups is 2. The van der Waals surface area contributed by atoms with Crippen LogP contribution in [0.3, 0.4) is 0 Å². The number of rotatable bonds is 4. The number of hydrogen-bond donors (Lipinski definition) is 1. The van der Waals surface area contributed by atoms with Crippen molar-refractivity contribution in [3.8, 4) is 17.6 Å². The van der Waals surface area contributed by atoms with Gasteiger partial charge in [-0.1, -0.05) is 18.8 Å². The quantitative estimate of drug-likeness (QED) is 0.362. The van der Waals surface area contributed by atoms with Gasteiger partial charge in [0.2, 0.25) is 0 Å². The molecule has 1 N–H and O–H groups in total. The highest BCUT2D eigenvalue weighted by Crippen LogP contribution is 2.27. The summed E-state index contributed by atoms with van der Waals surface area (Å²) in [7, 11) is 1.45. The highest BCUT2D eigenvalue weighted by atomic mass is 35.7. The van der Waals surface area contributed by atoms with Gasteiger partial charge in [0.25, 0.3) is 9.05 Å². The van der Waals surface area contributed by atoms with Crippen molar-refractivity contribution >= 4 is 31.7 Å². The summed E-state index contributed by atoms with van der Waals surface area (Å²) in [5.74, 6) is 3.83. The van der Waals surface area contributed by atoms with Crippen molar-refractivity contribution in [2.24, 2.45) is 0 Å². The Morgan fingerprint density at radius 2 is 1.70 bits per heavy atom. The molecule has 0 aliphatic heterocycles. The maximum absolute atomic E-state index is 11.5. The van der Waals surface area contributed by atoms with E-state index in [4.69, 9.17) is 15.4 Å². The minimum Gasteiger partial charge on any atom is -0.478 e. The van der Waals surface area contributed by atoms with Crippen LogP contribution in [0.2, 0.25) is 0 Å². The van der Waals surface area contributed by atoms with Gasteiger partial charge in [0.15, 0.2) is 0 Å². The Hall–Kier alpha value is -2.82. The Labute approximate surface area is 161 Å². The van der Waals surface area contributed by atoms with Crippen LogP contribution in [-0.4, -0.2) is 25.5 Å². The largest absolute Gasteiger partial charge is 0.478 e. The molecule has 27 heavy (non-hydrogen) atoms. The number of benzene rings is 2. The van der Waals surface area contributed by atoms with E-state index in [0.717, 1.165) is 0 Å². The van der Waals surface area contributed by atoms with Gasteiger partial charge in [0.1, 0.15) is 11.3 Å². The fraction of sp³-hybridized carbons (Fsp3) is 0.158. The summed E-state index contributed by atoms with van der Waals surface area (Å²) < 4.78 is 27.5. The molecule has 2 rings (SSSR count). The van der Waals surface area contributed by atoms with Crippen molar-refractivity contribution in [1.82, 2.24) is 0 Å². The lowest BCUT2D eigenvalue weighted by molar-refractivity contribution is -0.131. The molecule has 140 valence electrons. The minimum atomic E-state index is -3.81. The number of carbonyl (C=O) groups excluding carboxylic acids is 1. The topological polar surface area (TPSA) is 97.7 Å². The Morgan fingerprint density at radius 3 is 2.19 bits per heavy atom. The van der Waals surface area contributed by atoms with Gasteiger partial charge in [-0.25, -0.2) is 13.2 Å². The molecule has 2 aromatic rings. The molecule has 0 saturated heterocycles. The molecular weight excluding hydrogens is 392 g/mol. The van der Waals surface area contributed by atoms with Crippen LogP contribution in [0.5, 0.6) is 5.75 Å². The zero-order chi connectivity index (χ0) is 20.2. The second-order valence-electron chi connectivity index (χ2n) is 5.48. The lowest BCUT2D eigenvalue weighted by Crippen LogP contribution is -2.10. The molecule has 8 heteroatoms. The van der Waals surface area contributed by atoms with E-state index < -0.39 is 21.0 Å². The number of aryl methyl sites for hydroxylation is 1. The third kappa shape index (κ3) is 5.33. The molecular formula is C19H15ClO6S. The van der Waals surface area contributed by atoms with E-state index in [1.165, 1.54) is 37.3 Å². The highest BCUT2D eigenvalue weighted by Gasteiger charge is 2.18. The SMILES string of the molecule is CCc1cc(C#Cc2ccc(S(=O)(=O)Cl)cc2)cc(C(=O)O)c1OC(C)=O. The third-order valence-electron chi connectivity index (χ3n) is 3.51. The molecule has 0 aliphatic rings. The van der Waals surface area contributed by atoms with E-state index in [9.17, 15) is 23.1 Å². The van der Waals surface area contributed by atoms with Crippen molar-refractivity contribution in [2.75, 3.05) is 0 Å². The Balaban J connectivity index is 2.46. The van der Waals surface area contributed by atoms with Gasteiger partial charge in [-0.2, -0.15) is 0 Å². The van der Waals surface area contributed by atoms with Gasteiger partial charge in [-0.3, -0.25) is 4.79 Å². The molecule has 0 heterocycles. The molecule has 0 spiro atoms. The molecule has 0 bridgehead atoms. The second kappa shape index (κ2) is 8.25. The van der Waals surface area contributed by atoms with Crippen molar-refractivity contribution in [2.45, 2.75) is 25.2 Å². The monoisotopic (exact) mass is 406 g/mol. The van der Waals surface area contributed by atoms with E-state index in [0.29, 0.717) is 23.1 Å². The van der Waals surface area contributed by atoms with Crippen LogP contribution in [0.25, 0.3) is 0 Å². The smallest absolute Gasteiger partial charge is 0.339 e.